The van der Waals surface area contributed by atoms with Crippen molar-refractivity contribution in [1.29, 1.82) is 0 Å². The van der Waals surface area contributed by atoms with E-state index in [1.165, 1.54) is 0 Å². The summed E-state index contributed by atoms with van der Waals surface area (Å²) in [6.45, 7) is 0. The molecule has 1 atom stereocenters. The molecule has 0 bridgehead atoms. The summed E-state index contributed by atoms with van der Waals surface area (Å²) in [6, 6.07) is 15.2. The third-order valence-corrected chi connectivity index (χ3v) is 5.14. The zero-order valence-electron chi connectivity index (χ0n) is 14.0. The molecule has 4 rings (SSSR count). The summed E-state index contributed by atoms with van der Waals surface area (Å²) in [4.78, 5) is 20.8. The summed E-state index contributed by atoms with van der Waals surface area (Å²) in [7, 11) is -1.16. The standard InChI is InChI=1S/C20H15N3O2S/c1-26(25)19-12-23(18-9-14(13-24)7-8-17(18)19)20-21-10-16(11-22-20)15-5-3-2-4-6-15/h2-13H,1H3. The lowest BCUT2D eigenvalue weighted by atomic mass is 10.1. The lowest BCUT2D eigenvalue weighted by molar-refractivity contribution is 0.112. The topological polar surface area (TPSA) is 64.8 Å². The van der Waals surface area contributed by atoms with E-state index in [1.54, 1.807) is 41.5 Å². The van der Waals surface area contributed by atoms with Crippen LogP contribution in [0.4, 0.5) is 0 Å². The lowest BCUT2D eigenvalue weighted by Gasteiger charge is -2.05. The van der Waals surface area contributed by atoms with Gasteiger partial charge in [-0.15, -0.1) is 0 Å². The van der Waals surface area contributed by atoms with Gasteiger partial charge in [-0.1, -0.05) is 42.5 Å². The van der Waals surface area contributed by atoms with Crippen molar-refractivity contribution in [2.24, 2.45) is 0 Å². The number of rotatable bonds is 4. The maximum Gasteiger partial charge on any atom is 0.234 e. The molecule has 0 radical (unpaired) electrons. The van der Waals surface area contributed by atoms with Gasteiger partial charge in [0.2, 0.25) is 5.95 Å². The summed E-state index contributed by atoms with van der Waals surface area (Å²) in [6.07, 6.45) is 7.71. The van der Waals surface area contributed by atoms with Crippen LogP contribution in [0.1, 0.15) is 10.4 Å². The minimum Gasteiger partial charge on any atom is -0.298 e. The molecular weight excluding hydrogens is 346 g/mol. The van der Waals surface area contributed by atoms with E-state index in [2.05, 4.69) is 9.97 Å². The van der Waals surface area contributed by atoms with Crippen molar-refractivity contribution in [2.75, 3.05) is 6.26 Å². The molecule has 5 nitrogen and oxygen atoms in total. The van der Waals surface area contributed by atoms with Gasteiger partial charge >= 0.3 is 0 Å². The summed E-state index contributed by atoms with van der Waals surface area (Å²) in [5.41, 5.74) is 3.26. The molecule has 0 spiro atoms. The van der Waals surface area contributed by atoms with Crippen molar-refractivity contribution in [2.45, 2.75) is 4.90 Å². The average molecular weight is 361 g/mol. The monoisotopic (exact) mass is 361 g/mol. The van der Waals surface area contributed by atoms with Gasteiger partial charge in [0, 0.05) is 41.4 Å². The smallest absolute Gasteiger partial charge is 0.234 e. The molecule has 1 unspecified atom stereocenters. The Morgan fingerprint density at radius 2 is 1.73 bits per heavy atom. The van der Waals surface area contributed by atoms with Gasteiger partial charge in [-0.05, 0) is 11.6 Å². The van der Waals surface area contributed by atoms with Gasteiger partial charge in [-0.3, -0.25) is 13.6 Å². The molecule has 2 aromatic heterocycles. The minimum atomic E-state index is -1.16. The highest BCUT2D eigenvalue weighted by molar-refractivity contribution is 7.84. The van der Waals surface area contributed by atoms with Gasteiger partial charge in [-0.2, -0.15) is 0 Å². The fourth-order valence-electron chi connectivity index (χ4n) is 2.91. The summed E-state index contributed by atoms with van der Waals surface area (Å²) < 4.78 is 13.9. The van der Waals surface area contributed by atoms with E-state index < -0.39 is 10.8 Å². The number of carbonyl (C=O) groups is 1. The number of benzene rings is 2. The Morgan fingerprint density at radius 3 is 2.38 bits per heavy atom. The molecule has 0 saturated heterocycles. The predicted molar refractivity (Wildman–Crippen MR) is 102 cm³/mol. The van der Waals surface area contributed by atoms with Crippen molar-refractivity contribution in [3.8, 4) is 17.1 Å². The van der Waals surface area contributed by atoms with Crippen LogP contribution < -0.4 is 0 Å². The zero-order valence-corrected chi connectivity index (χ0v) is 14.8. The fraction of sp³-hybridized carbons (Fsp3) is 0.0500. The van der Waals surface area contributed by atoms with Crippen LogP contribution in [0.25, 0.3) is 28.0 Å². The molecule has 4 aromatic rings. The zero-order chi connectivity index (χ0) is 18.1. The third-order valence-electron chi connectivity index (χ3n) is 4.20. The first-order valence-corrected chi connectivity index (χ1v) is 9.55. The quantitative estimate of drug-likeness (QED) is 0.521. The summed E-state index contributed by atoms with van der Waals surface area (Å²) in [5.74, 6) is 0.467. The molecule has 0 N–H and O–H groups in total. The largest absolute Gasteiger partial charge is 0.298 e. The average Bonchev–Trinajstić information content (AvgIpc) is 3.08. The molecule has 0 aliphatic carbocycles. The van der Waals surface area contributed by atoms with Crippen LogP contribution in [0.2, 0.25) is 0 Å². The molecule has 26 heavy (non-hydrogen) atoms. The van der Waals surface area contributed by atoms with Crippen molar-refractivity contribution in [1.82, 2.24) is 14.5 Å². The number of fused-ring (bicyclic) bond motifs is 1. The third kappa shape index (κ3) is 2.84. The fourth-order valence-corrected chi connectivity index (χ4v) is 3.64. The van der Waals surface area contributed by atoms with Crippen LogP contribution in [0.15, 0.2) is 72.0 Å². The molecule has 0 fully saturated rings. The Bertz CT molecular complexity index is 1120. The van der Waals surface area contributed by atoms with E-state index in [4.69, 9.17) is 0 Å². The van der Waals surface area contributed by atoms with Gasteiger partial charge in [0.25, 0.3) is 0 Å². The van der Waals surface area contributed by atoms with E-state index in [0.717, 1.165) is 28.3 Å². The van der Waals surface area contributed by atoms with Gasteiger partial charge in [0.1, 0.15) is 6.29 Å². The number of hydrogen-bond donors (Lipinski definition) is 0. The van der Waals surface area contributed by atoms with E-state index in [0.29, 0.717) is 16.4 Å². The van der Waals surface area contributed by atoms with Crippen LogP contribution in [0.3, 0.4) is 0 Å². The summed E-state index contributed by atoms with van der Waals surface area (Å²) >= 11 is 0. The highest BCUT2D eigenvalue weighted by atomic mass is 32.2. The van der Waals surface area contributed by atoms with Crippen molar-refractivity contribution in [3.05, 3.63) is 72.7 Å². The SMILES string of the molecule is CS(=O)c1cn(-c2ncc(-c3ccccc3)cn2)c2cc(C=O)ccc12. The number of nitrogens with zero attached hydrogens (tertiary/aromatic N) is 3. The maximum atomic E-state index is 12.1. The Balaban J connectivity index is 1.86. The van der Waals surface area contributed by atoms with Crippen LogP contribution >= 0.6 is 0 Å². The Hall–Kier alpha value is -3.12. The van der Waals surface area contributed by atoms with E-state index in [-0.39, 0.29) is 0 Å². The number of hydrogen-bond acceptors (Lipinski definition) is 4. The second kappa shape index (κ2) is 6.65. The molecule has 0 aliphatic heterocycles. The summed E-state index contributed by atoms with van der Waals surface area (Å²) in [5, 5.41) is 0.826. The number of carbonyl (C=O) groups excluding carboxylic acids is 1. The molecular formula is C20H15N3O2S. The van der Waals surface area contributed by atoms with Crippen LogP contribution in [-0.2, 0) is 10.8 Å². The van der Waals surface area contributed by atoms with Crippen molar-refractivity contribution >= 4 is 28.0 Å². The van der Waals surface area contributed by atoms with Crippen molar-refractivity contribution in [3.63, 3.8) is 0 Å². The molecule has 0 saturated carbocycles. The lowest BCUT2D eigenvalue weighted by Crippen LogP contribution is -1.99. The molecule has 6 heteroatoms. The van der Waals surface area contributed by atoms with Crippen LogP contribution in [-0.4, -0.2) is 31.3 Å². The van der Waals surface area contributed by atoms with Gasteiger partial charge in [0.15, 0.2) is 0 Å². The number of aldehydes is 1. The highest BCUT2D eigenvalue weighted by Gasteiger charge is 2.14. The van der Waals surface area contributed by atoms with E-state index in [9.17, 15) is 9.00 Å². The van der Waals surface area contributed by atoms with Gasteiger partial charge in [0.05, 0.1) is 21.2 Å². The van der Waals surface area contributed by atoms with Gasteiger partial charge < -0.3 is 0 Å². The molecule has 2 heterocycles. The molecule has 128 valence electrons. The minimum absolute atomic E-state index is 0.467. The molecule has 2 aromatic carbocycles. The van der Waals surface area contributed by atoms with Crippen molar-refractivity contribution < 1.29 is 9.00 Å². The first-order chi connectivity index (χ1) is 12.7. The van der Waals surface area contributed by atoms with E-state index in [1.807, 2.05) is 36.4 Å². The van der Waals surface area contributed by atoms with Gasteiger partial charge in [-0.25, -0.2) is 9.97 Å². The first kappa shape index (κ1) is 16.4. The first-order valence-electron chi connectivity index (χ1n) is 7.99. The van der Waals surface area contributed by atoms with Crippen LogP contribution in [0.5, 0.6) is 0 Å². The van der Waals surface area contributed by atoms with Crippen LogP contribution in [0, 0.1) is 0 Å². The predicted octanol–water partition coefficient (Wildman–Crippen LogP) is 3.64. The Labute approximate surface area is 152 Å². The normalized spacial score (nSPS) is 12.2. The number of aromatic nitrogens is 3. The second-order valence-corrected chi connectivity index (χ2v) is 7.20. The van der Waals surface area contributed by atoms with E-state index >= 15 is 0 Å². The maximum absolute atomic E-state index is 12.1. The molecule has 0 amide bonds. The molecule has 0 aliphatic rings. The Morgan fingerprint density at radius 1 is 1.00 bits per heavy atom. The second-order valence-electron chi connectivity index (χ2n) is 5.85. The Kier molecular flexibility index (Phi) is 4.18. The highest BCUT2D eigenvalue weighted by Crippen LogP contribution is 2.27.